The monoisotopic (exact) mass is 468 g/mol. The third-order valence-corrected chi connectivity index (χ3v) is 5.95. The number of rotatable bonds is 8. The van der Waals surface area contributed by atoms with Gasteiger partial charge in [-0.05, 0) is 49.4 Å². The van der Waals surface area contributed by atoms with Crippen LogP contribution in [0, 0.1) is 11.7 Å². The Balaban J connectivity index is 1.27. The summed E-state index contributed by atoms with van der Waals surface area (Å²) >= 11 is 0. The van der Waals surface area contributed by atoms with Crippen molar-refractivity contribution in [3.05, 3.63) is 60.0 Å². The lowest BCUT2D eigenvalue weighted by Gasteiger charge is -2.33. The van der Waals surface area contributed by atoms with Crippen molar-refractivity contribution in [2.75, 3.05) is 24.5 Å². The Hall–Kier alpha value is -4.02. The Morgan fingerprint density at radius 3 is 2.50 bits per heavy atom. The number of nitrogens with zero attached hydrogens (tertiary/aromatic N) is 5. The van der Waals surface area contributed by atoms with Gasteiger partial charge in [-0.15, -0.1) is 0 Å². The third-order valence-electron chi connectivity index (χ3n) is 5.95. The fourth-order valence-corrected chi connectivity index (χ4v) is 3.98. The number of aromatic nitrogens is 3. The van der Waals surface area contributed by atoms with Gasteiger partial charge in [0.05, 0.1) is 24.6 Å². The van der Waals surface area contributed by atoms with Gasteiger partial charge in [-0.1, -0.05) is 5.16 Å². The van der Waals surface area contributed by atoms with E-state index in [1.807, 2.05) is 0 Å². The van der Waals surface area contributed by atoms with E-state index in [1.54, 1.807) is 24.5 Å². The maximum atomic E-state index is 13.1. The van der Waals surface area contributed by atoms with Crippen LogP contribution in [0.25, 0.3) is 11.3 Å². The van der Waals surface area contributed by atoms with Crippen molar-refractivity contribution in [2.24, 2.45) is 11.7 Å². The van der Waals surface area contributed by atoms with Crippen molar-refractivity contribution in [3.63, 3.8) is 0 Å². The first-order valence-corrected chi connectivity index (χ1v) is 10.9. The molecule has 0 spiro atoms. The Labute approximate surface area is 195 Å². The Morgan fingerprint density at radius 2 is 1.91 bits per heavy atom. The standard InChI is InChI=1S/C23H25FN6O4/c24-17-3-1-16(2-4-17)20-12-27-21(13-26-20)29-8-5-15(6-9-29)7-10-30(23(32)33)14-18-11-19(22(25)31)28-34-18/h1-4,11-13,15H,5-10,14H2,(H2,25,31)(H,32,33). The lowest BCUT2D eigenvalue weighted by atomic mass is 9.93. The summed E-state index contributed by atoms with van der Waals surface area (Å²) in [6, 6.07) is 7.49. The molecule has 0 atom stereocenters. The molecule has 4 rings (SSSR count). The zero-order valence-electron chi connectivity index (χ0n) is 18.4. The molecule has 0 aliphatic carbocycles. The second kappa shape index (κ2) is 10.3. The van der Waals surface area contributed by atoms with E-state index in [-0.39, 0.29) is 23.8 Å². The molecule has 1 aliphatic rings. The zero-order chi connectivity index (χ0) is 24.1. The number of piperidine rings is 1. The number of carbonyl (C=O) groups is 2. The minimum Gasteiger partial charge on any atom is -0.465 e. The number of anilines is 1. The van der Waals surface area contributed by atoms with Gasteiger partial charge in [-0.2, -0.15) is 0 Å². The number of primary amides is 1. The smallest absolute Gasteiger partial charge is 0.407 e. The first-order chi connectivity index (χ1) is 16.4. The van der Waals surface area contributed by atoms with E-state index in [4.69, 9.17) is 10.3 Å². The highest BCUT2D eigenvalue weighted by atomic mass is 19.1. The maximum absolute atomic E-state index is 13.1. The Bertz CT molecular complexity index is 1130. The molecule has 34 heavy (non-hydrogen) atoms. The average Bonchev–Trinajstić information content (AvgIpc) is 3.32. The maximum Gasteiger partial charge on any atom is 0.407 e. The van der Waals surface area contributed by atoms with E-state index in [0.717, 1.165) is 37.3 Å². The fourth-order valence-electron chi connectivity index (χ4n) is 3.98. The Kier molecular flexibility index (Phi) is 7.00. The van der Waals surface area contributed by atoms with Crippen LogP contribution in [0.3, 0.4) is 0 Å². The molecule has 0 radical (unpaired) electrons. The van der Waals surface area contributed by atoms with Crippen molar-refractivity contribution in [2.45, 2.75) is 25.8 Å². The summed E-state index contributed by atoms with van der Waals surface area (Å²) < 4.78 is 18.1. The van der Waals surface area contributed by atoms with Gasteiger partial charge in [-0.3, -0.25) is 9.78 Å². The quantitative estimate of drug-likeness (QED) is 0.514. The van der Waals surface area contributed by atoms with Crippen LogP contribution in [0.1, 0.15) is 35.5 Å². The average molecular weight is 468 g/mol. The molecule has 1 saturated heterocycles. The number of carboxylic acid groups (broad SMARTS) is 1. The van der Waals surface area contributed by atoms with Crippen LogP contribution in [-0.4, -0.2) is 56.8 Å². The molecule has 1 aliphatic heterocycles. The van der Waals surface area contributed by atoms with E-state index in [1.165, 1.54) is 23.1 Å². The molecule has 0 saturated carbocycles. The second-order valence-corrected chi connectivity index (χ2v) is 8.23. The molecule has 178 valence electrons. The minimum absolute atomic E-state index is 0.00442. The molecule has 3 N–H and O–H groups in total. The number of nitrogens with two attached hydrogens (primary N) is 1. The molecule has 2 amide bonds. The summed E-state index contributed by atoms with van der Waals surface area (Å²) in [7, 11) is 0. The number of carbonyl (C=O) groups excluding carboxylic acids is 1. The molecular formula is C23H25FN6O4. The lowest BCUT2D eigenvalue weighted by Crippen LogP contribution is -2.36. The molecule has 1 aromatic carbocycles. The minimum atomic E-state index is -1.06. The van der Waals surface area contributed by atoms with Crippen molar-refractivity contribution in [1.29, 1.82) is 0 Å². The van der Waals surface area contributed by atoms with Gasteiger partial charge >= 0.3 is 6.09 Å². The molecule has 2 aromatic heterocycles. The van der Waals surface area contributed by atoms with Crippen LogP contribution < -0.4 is 10.6 Å². The molecule has 0 unspecified atom stereocenters. The number of hydrogen-bond donors (Lipinski definition) is 2. The topological polar surface area (TPSA) is 139 Å². The van der Waals surface area contributed by atoms with E-state index in [2.05, 4.69) is 20.0 Å². The number of hydrogen-bond acceptors (Lipinski definition) is 7. The molecule has 0 bridgehead atoms. The molecule has 3 aromatic rings. The molecule has 3 heterocycles. The highest BCUT2D eigenvalue weighted by Crippen LogP contribution is 2.25. The summed E-state index contributed by atoms with van der Waals surface area (Å²) in [5.41, 5.74) is 6.61. The first kappa shape index (κ1) is 23.1. The zero-order valence-corrected chi connectivity index (χ0v) is 18.4. The molecule has 1 fully saturated rings. The second-order valence-electron chi connectivity index (χ2n) is 8.23. The van der Waals surface area contributed by atoms with Crippen molar-refractivity contribution < 1.29 is 23.6 Å². The van der Waals surface area contributed by atoms with Crippen molar-refractivity contribution in [3.8, 4) is 11.3 Å². The summed E-state index contributed by atoms with van der Waals surface area (Å²) in [6.07, 6.45) is 4.87. The predicted octanol–water partition coefficient (Wildman–Crippen LogP) is 3.16. The van der Waals surface area contributed by atoms with E-state index < -0.39 is 12.0 Å². The van der Waals surface area contributed by atoms with Gasteiger partial charge < -0.3 is 25.2 Å². The third kappa shape index (κ3) is 5.66. The van der Waals surface area contributed by atoms with Crippen LogP contribution in [-0.2, 0) is 6.54 Å². The van der Waals surface area contributed by atoms with E-state index >= 15 is 0 Å². The summed E-state index contributed by atoms with van der Waals surface area (Å²) in [4.78, 5) is 35.2. The fraction of sp³-hybridized carbons (Fsp3) is 0.348. The number of amides is 2. The van der Waals surface area contributed by atoms with Gasteiger partial charge in [0.15, 0.2) is 11.5 Å². The normalized spacial score (nSPS) is 14.2. The van der Waals surface area contributed by atoms with E-state index in [0.29, 0.717) is 24.6 Å². The first-order valence-electron chi connectivity index (χ1n) is 10.9. The van der Waals surface area contributed by atoms with Gasteiger partial charge in [-0.25, -0.2) is 14.2 Å². The van der Waals surface area contributed by atoms with Crippen LogP contribution >= 0.6 is 0 Å². The number of halogens is 1. The SMILES string of the molecule is NC(=O)c1cc(CN(CCC2CCN(c3cnc(-c4ccc(F)cc4)cn3)CC2)C(=O)O)on1. The molecule has 10 nitrogen and oxygen atoms in total. The predicted molar refractivity (Wildman–Crippen MR) is 120 cm³/mol. The Morgan fingerprint density at radius 1 is 1.18 bits per heavy atom. The van der Waals surface area contributed by atoms with Crippen molar-refractivity contribution in [1.82, 2.24) is 20.0 Å². The summed E-state index contributed by atoms with van der Waals surface area (Å²) in [6.45, 7) is 1.95. The van der Waals surface area contributed by atoms with Crippen LogP contribution in [0.15, 0.2) is 47.2 Å². The largest absolute Gasteiger partial charge is 0.465 e. The van der Waals surface area contributed by atoms with Crippen LogP contribution in [0.2, 0.25) is 0 Å². The summed E-state index contributed by atoms with van der Waals surface area (Å²) in [5, 5.41) is 13.1. The van der Waals surface area contributed by atoms with Gasteiger partial charge in [0.25, 0.3) is 5.91 Å². The molecular weight excluding hydrogens is 443 g/mol. The number of benzene rings is 1. The van der Waals surface area contributed by atoms with Crippen LogP contribution in [0.5, 0.6) is 0 Å². The van der Waals surface area contributed by atoms with Gasteiger partial charge in [0.1, 0.15) is 11.6 Å². The van der Waals surface area contributed by atoms with Crippen molar-refractivity contribution >= 4 is 17.8 Å². The van der Waals surface area contributed by atoms with Gasteiger partial charge in [0.2, 0.25) is 0 Å². The van der Waals surface area contributed by atoms with E-state index in [9.17, 15) is 19.1 Å². The van der Waals surface area contributed by atoms with Crippen LogP contribution in [0.4, 0.5) is 15.0 Å². The lowest BCUT2D eigenvalue weighted by molar-refractivity contribution is 0.0990. The summed E-state index contributed by atoms with van der Waals surface area (Å²) in [5.74, 6) is 0.414. The highest BCUT2D eigenvalue weighted by molar-refractivity contribution is 5.90. The highest BCUT2D eigenvalue weighted by Gasteiger charge is 2.23. The molecule has 11 heteroatoms. The van der Waals surface area contributed by atoms with Gasteiger partial charge in [0, 0.05) is 31.3 Å².